The van der Waals surface area contributed by atoms with Crippen molar-refractivity contribution in [2.75, 3.05) is 13.1 Å². The van der Waals surface area contributed by atoms with Crippen molar-refractivity contribution in [2.24, 2.45) is 5.73 Å². The Morgan fingerprint density at radius 1 is 1.05 bits per heavy atom. The Morgan fingerprint density at radius 3 is 2.38 bits per heavy atom. The minimum absolute atomic E-state index is 0.0289. The third-order valence-electron chi connectivity index (χ3n) is 6.96. The number of benzene rings is 1. The number of rotatable bonds is 9. The van der Waals surface area contributed by atoms with Gasteiger partial charge in [0.15, 0.2) is 0 Å². The molecule has 1 aromatic carbocycles. The molecule has 37 heavy (non-hydrogen) atoms. The molecular formula is C25H32N6O6. The first-order valence-electron chi connectivity index (χ1n) is 12.4. The molecule has 0 aliphatic carbocycles. The maximum atomic E-state index is 13.5. The molecule has 2 aromatic rings. The highest BCUT2D eigenvalue weighted by Crippen LogP contribution is 2.26. The van der Waals surface area contributed by atoms with E-state index in [1.807, 2.05) is 0 Å². The lowest BCUT2D eigenvalue weighted by Crippen LogP contribution is -2.56. The largest absolute Gasteiger partial charge is 0.508 e. The number of phenolic OH excluding ortho intramolecular Hbond substituents is 1. The van der Waals surface area contributed by atoms with E-state index in [1.165, 1.54) is 28.3 Å². The zero-order chi connectivity index (χ0) is 26.5. The number of likely N-dealkylation sites (tertiary alicyclic amines) is 2. The molecule has 4 rings (SSSR count). The number of aromatic amines is 1. The van der Waals surface area contributed by atoms with E-state index < -0.39 is 36.0 Å². The molecule has 2 fully saturated rings. The zero-order valence-corrected chi connectivity index (χ0v) is 20.4. The van der Waals surface area contributed by atoms with E-state index in [9.17, 15) is 29.4 Å². The van der Waals surface area contributed by atoms with Gasteiger partial charge in [0.05, 0.1) is 12.4 Å². The van der Waals surface area contributed by atoms with Crippen LogP contribution in [-0.4, -0.2) is 90.9 Å². The van der Waals surface area contributed by atoms with Crippen LogP contribution < -0.4 is 11.1 Å². The number of nitrogens with two attached hydrogens (primary N) is 1. The maximum absolute atomic E-state index is 13.5. The lowest BCUT2D eigenvalue weighted by molar-refractivity contribution is -0.148. The van der Waals surface area contributed by atoms with Crippen LogP contribution in [0.2, 0.25) is 0 Å². The molecule has 0 spiro atoms. The number of aromatic hydroxyl groups is 1. The molecular weight excluding hydrogens is 480 g/mol. The van der Waals surface area contributed by atoms with Gasteiger partial charge in [-0.1, -0.05) is 12.1 Å². The highest BCUT2D eigenvalue weighted by molar-refractivity contribution is 5.95. The van der Waals surface area contributed by atoms with Crippen LogP contribution in [0.3, 0.4) is 0 Å². The van der Waals surface area contributed by atoms with Crippen LogP contribution in [-0.2, 0) is 32.0 Å². The topological polar surface area (TPSA) is 182 Å². The first kappa shape index (κ1) is 26.1. The number of nitrogens with zero attached hydrogens (tertiary/aromatic N) is 3. The summed E-state index contributed by atoms with van der Waals surface area (Å²) >= 11 is 0. The van der Waals surface area contributed by atoms with E-state index in [-0.39, 0.29) is 30.4 Å². The monoisotopic (exact) mass is 512 g/mol. The number of carboxylic acids is 1. The number of amides is 3. The number of carbonyl (C=O) groups is 4. The summed E-state index contributed by atoms with van der Waals surface area (Å²) < 4.78 is 0. The number of carbonyl (C=O) groups excluding carboxylic acids is 3. The Morgan fingerprint density at radius 2 is 1.73 bits per heavy atom. The number of hydrogen-bond acceptors (Lipinski definition) is 7. The van der Waals surface area contributed by atoms with Crippen molar-refractivity contribution in [3.63, 3.8) is 0 Å². The Hall–Kier alpha value is -3.93. The molecule has 0 radical (unpaired) electrons. The molecule has 2 aliphatic rings. The second-order valence-electron chi connectivity index (χ2n) is 9.54. The van der Waals surface area contributed by atoms with Gasteiger partial charge in [-0.25, -0.2) is 9.78 Å². The molecule has 2 saturated heterocycles. The Bertz CT molecular complexity index is 1120. The van der Waals surface area contributed by atoms with Crippen LogP contribution in [0.4, 0.5) is 0 Å². The summed E-state index contributed by atoms with van der Waals surface area (Å²) in [5, 5.41) is 21.7. The van der Waals surface area contributed by atoms with E-state index >= 15 is 0 Å². The standard InChI is InChI=1S/C25H32N6O6/c26-18(12-16-13-27-14-28-16)23(34)31-10-2-4-21(31)24(35)30-9-1-3-20(30)22(33)29-19(25(36)37)11-15-5-7-17(32)8-6-15/h5-8,13-14,18-21,32H,1-4,9-12,26H2,(H,27,28)(H,29,33)(H,36,37). The highest BCUT2D eigenvalue weighted by Gasteiger charge is 2.43. The molecule has 0 saturated carbocycles. The average molecular weight is 513 g/mol. The van der Waals surface area contributed by atoms with Crippen molar-refractivity contribution in [3.8, 4) is 5.75 Å². The zero-order valence-electron chi connectivity index (χ0n) is 20.4. The maximum Gasteiger partial charge on any atom is 0.326 e. The molecule has 3 amide bonds. The van der Waals surface area contributed by atoms with Crippen LogP contribution in [0.1, 0.15) is 36.9 Å². The van der Waals surface area contributed by atoms with Gasteiger partial charge >= 0.3 is 5.97 Å². The number of aromatic nitrogens is 2. The Labute approximate surface area is 213 Å². The van der Waals surface area contributed by atoms with E-state index in [4.69, 9.17) is 5.73 Å². The number of aliphatic carboxylic acids is 1. The van der Waals surface area contributed by atoms with Crippen molar-refractivity contribution in [3.05, 3.63) is 48.0 Å². The number of H-pyrrole nitrogens is 1. The molecule has 12 heteroatoms. The molecule has 0 bridgehead atoms. The van der Waals surface area contributed by atoms with Crippen LogP contribution in [0.15, 0.2) is 36.8 Å². The molecule has 3 heterocycles. The summed E-state index contributed by atoms with van der Waals surface area (Å²) in [7, 11) is 0. The second kappa shape index (κ2) is 11.4. The van der Waals surface area contributed by atoms with Crippen LogP contribution in [0.5, 0.6) is 5.75 Å². The van der Waals surface area contributed by atoms with E-state index in [1.54, 1.807) is 18.3 Å². The fourth-order valence-electron chi connectivity index (χ4n) is 5.05. The molecule has 198 valence electrons. The predicted molar refractivity (Wildman–Crippen MR) is 131 cm³/mol. The molecule has 1 aromatic heterocycles. The normalized spacial score (nSPS) is 21.0. The van der Waals surface area contributed by atoms with Crippen LogP contribution in [0.25, 0.3) is 0 Å². The summed E-state index contributed by atoms with van der Waals surface area (Å²) in [5.41, 5.74) is 7.49. The fraction of sp³-hybridized carbons (Fsp3) is 0.480. The summed E-state index contributed by atoms with van der Waals surface area (Å²) in [6, 6.07) is 2.53. The predicted octanol–water partition coefficient (Wildman–Crippen LogP) is -0.221. The van der Waals surface area contributed by atoms with E-state index in [0.717, 1.165) is 5.69 Å². The van der Waals surface area contributed by atoms with Crippen molar-refractivity contribution < 1.29 is 29.4 Å². The molecule has 12 nitrogen and oxygen atoms in total. The smallest absolute Gasteiger partial charge is 0.326 e. The van der Waals surface area contributed by atoms with Gasteiger partial charge in [0, 0.05) is 37.8 Å². The summed E-state index contributed by atoms with van der Waals surface area (Å²) in [4.78, 5) is 61.3. The van der Waals surface area contributed by atoms with Gasteiger partial charge in [-0.2, -0.15) is 0 Å². The Balaban J connectivity index is 1.40. The van der Waals surface area contributed by atoms with Crippen molar-refractivity contribution in [2.45, 2.75) is 62.7 Å². The van der Waals surface area contributed by atoms with Crippen LogP contribution in [0, 0.1) is 0 Å². The quantitative estimate of drug-likeness (QED) is 0.305. The van der Waals surface area contributed by atoms with Crippen LogP contribution >= 0.6 is 0 Å². The first-order chi connectivity index (χ1) is 17.7. The van der Waals surface area contributed by atoms with Crippen molar-refractivity contribution >= 4 is 23.7 Å². The van der Waals surface area contributed by atoms with Gasteiger partial charge in [0.25, 0.3) is 0 Å². The van der Waals surface area contributed by atoms with Gasteiger partial charge in [0.2, 0.25) is 17.7 Å². The minimum atomic E-state index is -1.20. The first-order valence-corrected chi connectivity index (χ1v) is 12.4. The average Bonchev–Trinajstić information content (AvgIpc) is 3.65. The summed E-state index contributed by atoms with van der Waals surface area (Å²) in [5.74, 6) is -2.32. The lowest BCUT2D eigenvalue weighted by atomic mass is 10.0. The summed E-state index contributed by atoms with van der Waals surface area (Å²) in [6.07, 6.45) is 5.53. The molecule has 2 aliphatic heterocycles. The van der Waals surface area contributed by atoms with E-state index in [0.29, 0.717) is 44.3 Å². The number of hydrogen-bond donors (Lipinski definition) is 5. The fourth-order valence-corrected chi connectivity index (χ4v) is 5.05. The number of imidazole rings is 1. The van der Waals surface area contributed by atoms with Gasteiger partial charge in [-0.15, -0.1) is 0 Å². The molecule has 4 unspecified atom stereocenters. The van der Waals surface area contributed by atoms with Gasteiger partial charge in [-0.3, -0.25) is 14.4 Å². The van der Waals surface area contributed by atoms with Gasteiger partial charge in [-0.05, 0) is 43.4 Å². The number of carboxylic acid groups (broad SMARTS) is 1. The summed E-state index contributed by atoms with van der Waals surface area (Å²) in [6.45, 7) is 0.760. The minimum Gasteiger partial charge on any atom is -0.508 e. The van der Waals surface area contributed by atoms with Crippen molar-refractivity contribution in [1.82, 2.24) is 25.1 Å². The molecule has 4 atom stereocenters. The second-order valence-corrected chi connectivity index (χ2v) is 9.54. The number of nitrogens with one attached hydrogen (secondary N) is 2. The lowest BCUT2D eigenvalue weighted by Gasteiger charge is -2.32. The third kappa shape index (κ3) is 6.08. The molecule has 6 N–H and O–H groups in total. The SMILES string of the molecule is NC(Cc1cnc[nH]1)C(=O)N1CCCC1C(=O)N1CCCC1C(=O)NC(Cc1ccc(O)cc1)C(=O)O. The Kier molecular flexibility index (Phi) is 8.07. The number of phenols is 1. The van der Waals surface area contributed by atoms with Gasteiger partial charge in [0.1, 0.15) is 23.9 Å². The van der Waals surface area contributed by atoms with Gasteiger partial charge < -0.3 is 36.0 Å². The van der Waals surface area contributed by atoms with E-state index in [2.05, 4.69) is 15.3 Å². The highest BCUT2D eigenvalue weighted by atomic mass is 16.4. The third-order valence-corrected chi connectivity index (χ3v) is 6.96. The van der Waals surface area contributed by atoms with Crippen molar-refractivity contribution in [1.29, 1.82) is 0 Å².